The smallest absolute Gasteiger partial charge is 0.221 e. The molecule has 2 aromatic heterocycles. The number of nitrogens with zero attached hydrogens (tertiary/aromatic N) is 5. The second-order valence-corrected chi connectivity index (χ2v) is 11.1. The molecule has 1 atom stereocenters. The van der Waals surface area contributed by atoms with Gasteiger partial charge in [0.15, 0.2) is 9.84 Å². The topological polar surface area (TPSA) is 73.0 Å². The number of aromatic nitrogens is 4. The molecule has 0 amide bonds. The van der Waals surface area contributed by atoms with E-state index in [-0.39, 0.29) is 17.5 Å². The van der Waals surface area contributed by atoms with Crippen LogP contribution in [0.3, 0.4) is 0 Å². The molecule has 0 unspecified atom stereocenters. The maximum atomic E-state index is 12.0. The van der Waals surface area contributed by atoms with E-state index < -0.39 is 9.84 Å². The fraction of sp³-hybridized carbons (Fsp3) is 0.421. The summed E-state index contributed by atoms with van der Waals surface area (Å²) in [6, 6.07) is 10.1. The van der Waals surface area contributed by atoms with E-state index in [9.17, 15) is 8.42 Å². The van der Waals surface area contributed by atoms with Gasteiger partial charge in [-0.3, -0.25) is 4.90 Å². The fourth-order valence-corrected chi connectivity index (χ4v) is 6.41. The first kappa shape index (κ1) is 20.4. The monoisotopic (exact) mass is 449 g/mol. The summed E-state index contributed by atoms with van der Waals surface area (Å²) >= 11 is 7.31. The number of aryl methyl sites for hydroxylation is 2. The Hall–Kier alpha value is -1.88. The zero-order valence-corrected chi connectivity index (χ0v) is 18.8. The van der Waals surface area contributed by atoms with Gasteiger partial charge in [0.2, 0.25) is 4.77 Å². The van der Waals surface area contributed by atoms with Crippen molar-refractivity contribution in [3.05, 3.63) is 56.5 Å². The molecule has 3 aromatic rings. The third-order valence-corrected chi connectivity index (χ3v) is 8.19. The Kier molecular flexibility index (Phi) is 5.69. The molecule has 0 bridgehead atoms. The number of hydrogen-bond acceptors (Lipinski definition) is 7. The quantitative estimate of drug-likeness (QED) is 0.539. The van der Waals surface area contributed by atoms with Gasteiger partial charge in [-0.2, -0.15) is 4.68 Å². The summed E-state index contributed by atoms with van der Waals surface area (Å²) in [4.78, 5) is 3.33. The van der Waals surface area contributed by atoms with Crippen LogP contribution in [0.15, 0.2) is 35.7 Å². The van der Waals surface area contributed by atoms with E-state index >= 15 is 0 Å². The van der Waals surface area contributed by atoms with E-state index in [0.29, 0.717) is 24.4 Å². The number of thiophene rings is 1. The molecule has 29 heavy (non-hydrogen) atoms. The molecule has 1 saturated heterocycles. The van der Waals surface area contributed by atoms with Crippen LogP contribution >= 0.6 is 23.6 Å². The van der Waals surface area contributed by atoms with Gasteiger partial charge in [0.1, 0.15) is 0 Å². The van der Waals surface area contributed by atoms with Crippen molar-refractivity contribution in [3.8, 4) is 5.69 Å². The number of benzene rings is 1. The maximum absolute atomic E-state index is 12.0. The van der Waals surface area contributed by atoms with E-state index in [2.05, 4.69) is 27.5 Å². The third kappa shape index (κ3) is 4.50. The highest BCUT2D eigenvalue weighted by Gasteiger charge is 2.33. The molecule has 1 aliphatic heterocycles. The minimum Gasteiger partial charge on any atom is -0.275 e. The molecule has 1 aromatic carbocycles. The number of rotatable bonds is 6. The van der Waals surface area contributed by atoms with Gasteiger partial charge in [-0.15, -0.1) is 11.3 Å². The molecule has 1 aliphatic rings. The van der Waals surface area contributed by atoms with Crippen molar-refractivity contribution in [2.45, 2.75) is 39.5 Å². The zero-order valence-electron chi connectivity index (χ0n) is 16.4. The molecule has 3 heterocycles. The second kappa shape index (κ2) is 8.10. The van der Waals surface area contributed by atoms with E-state index in [0.717, 1.165) is 11.3 Å². The van der Waals surface area contributed by atoms with Crippen molar-refractivity contribution in [2.24, 2.45) is 0 Å². The SMILES string of the molecule is Cc1ccc(-n2nnn(CN(Cc3cccs3)[C@H]3CCS(=O)(=O)C3)c2=S)c(C)c1. The van der Waals surface area contributed by atoms with Gasteiger partial charge < -0.3 is 0 Å². The second-order valence-electron chi connectivity index (χ2n) is 7.49. The highest BCUT2D eigenvalue weighted by molar-refractivity contribution is 7.91. The number of tetrazole rings is 1. The summed E-state index contributed by atoms with van der Waals surface area (Å²) < 4.78 is 27.9. The zero-order chi connectivity index (χ0) is 20.6. The van der Waals surface area contributed by atoms with Gasteiger partial charge in [-0.25, -0.2) is 13.1 Å². The molecule has 0 aliphatic carbocycles. The van der Waals surface area contributed by atoms with Crippen LogP contribution in [0.25, 0.3) is 5.69 Å². The first-order valence-electron chi connectivity index (χ1n) is 9.40. The van der Waals surface area contributed by atoms with Crippen LogP contribution in [0.5, 0.6) is 0 Å². The highest BCUT2D eigenvalue weighted by atomic mass is 32.2. The Morgan fingerprint density at radius 3 is 2.76 bits per heavy atom. The third-order valence-electron chi connectivity index (χ3n) is 5.20. The Labute approximate surface area is 179 Å². The van der Waals surface area contributed by atoms with Crippen molar-refractivity contribution >= 4 is 33.4 Å². The van der Waals surface area contributed by atoms with Crippen LogP contribution in [0.2, 0.25) is 0 Å². The molecule has 0 radical (unpaired) electrons. The Morgan fingerprint density at radius 2 is 2.10 bits per heavy atom. The summed E-state index contributed by atoms with van der Waals surface area (Å²) in [5.41, 5.74) is 3.15. The van der Waals surface area contributed by atoms with E-state index in [1.807, 2.05) is 37.4 Å². The first-order valence-corrected chi connectivity index (χ1v) is 12.5. The fourth-order valence-electron chi connectivity index (χ4n) is 3.69. The van der Waals surface area contributed by atoms with Gasteiger partial charge in [0.25, 0.3) is 0 Å². The van der Waals surface area contributed by atoms with Crippen molar-refractivity contribution in [1.29, 1.82) is 0 Å². The van der Waals surface area contributed by atoms with Gasteiger partial charge in [-0.05, 0) is 66.0 Å². The van der Waals surface area contributed by atoms with Crippen LogP contribution in [-0.2, 0) is 23.1 Å². The van der Waals surface area contributed by atoms with Gasteiger partial charge in [0, 0.05) is 17.5 Å². The summed E-state index contributed by atoms with van der Waals surface area (Å²) in [6.45, 7) is 5.14. The average molecular weight is 450 g/mol. The molecule has 0 saturated carbocycles. The van der Waals surface area contributed by atoms with Gasteiger partial charge >= 0.3 is 0 Å². The summed E-state index contributed by atoms with van der Waals surface area (Å²) in [5.74, 6) is 0.413. The lowest BCUT2D eigenvalue weighted by atomic mass is 10.1. The molecule has 1 fully saturated rings. The van der Waals surface area contributed by atoms with Crippen LogP contribution in [0.4, 0.5) is 0 Å². The molecule has 154 valence electrons. The predicted molar refractivity (Wildman–Crippen MR) is 117 cm³/mol. The van der Waals surface area contributed by atoms with Crippen LogP contribution in [-0.4, -0.2) is 50.7 Å². The number of sulfone groups is 1. The lowest BCUT2D eigenvalue weighted by molar-refractivity contribution is 0.146. The largest absolute Gasteiger partial charge is 0.275 e. The van der Waals surface area contributed by atoms with Gasteiger partial charge in [-0.1, -0.05) is 23.8 Å². The Balaban J connectivity index is 1.62. The normalized spacial score (nSPS) is 18.5. The molecular weight excluding hydrogens is 426 g/mol. The standard InChI is InChI=1S/C19H23N5O2S3/c1-14-5-6-18(15(2)10-14)24-19(27)23(20-21-24)13-22(11-17-4-3-8-28-17)16-7-9-29(25,26)12-16/h3-6,8,10,16H,7,9,11-13H2,1-2H3/t16-/m0/s1. The van der Waals surface area contributed by atoms with Crippen molar-refractivity contribution in [3.63, 3.8) is 0 Å². The molecule has 4 rings (SSSR count). The van der Waals surface area contributed by atoms with E-state index in [1.165, 1.54) is 10.4 Å². The molecule has 10 heteroatoms. The average Bonchev–Trinajstić information content (AvgIpc) is 3.37. The van der Waals surface area contributed by atoms with Crippen molar-refractivity contribution in [1.82, 2.24) is 24.7 Å². The summed E-state index contributed by atoms with van der Waals surface area (Å²) in [7, 11) is -2.98. The van der Waals surface area contributed by atoms with Crippen molar-refractivity contribution in [2.75, 3.05) is 11.5 Å². The van der Waals surface area contributed by atoms with Crippen LogP contribution < -0.4 is 0 Å². The van der Waals surface area contributed by atoms with E-state index in [1.54, 1.807) is 20.7 Å². The first-order chi connectivity index (χ1) is 13.8. The van der Waals surface area contributed by atoms with Crippen molar-refractivity contribution < 1.29 is 8.42 Å². The minimum atomic E-state index is -2.98. The predicted octanol–water partition coefficient (Wildman–Crippen LogP) is 3.12. The maximum Gasteiger partial charge on any atom is 0.221 e. The lowest BCUT2D eigenvalue weighted by Crippen LogP contribution is -2.37. The van der Waals surface area contributed by atoms with Gasteiger partial charge in [0.05, 0.1) is 23.9 Å². The Bertz CT molecular complexity index is 1160. The molecule has 7 nitrogen and oxygen atoms in total. The van der Waals surface area contributed by atoms with Crippen LogP contribution in [0.1, 0.15) is 22.4 Å². The van der Waals surface area contributed by atoms with Crippen LogP contribution in [0, 0.1) is 18.6 Å². The lowest BCUT2D eigenvalue weighted by Gasteiger charge is -2.26. The molecule has 0 N–H and O–H groups in total. The van der Waals surface area contributed by atoms with E-state index in [4.69, 9.17) is 12.2 Å². The summed E-state index contributed by atoms with van der Waals surface area (Å²) in [6.07, 6.45) is 0.631. The Morgan fingerprint density at radius 1 is 1.28 bits per heavy atom. The molecular formula is C19H23N5O2S3. The summed E-state index contributed by atoms with van der Waals surface area (Å²) in [5, 5.41) is 10.6. The molecule has 0 spiro atoms. The minimum absolute atomic E-state index is 0.0461. The highest BCUT2D eigenvalue weighted by Crippen LogP contribution is 2.23. The number of hydrogen-bond donors (Lipinski definition) is 0.